The van der Waals surface area contributed by atoms with Gasteiger partial charge in [0.05, 0.1) is 36.1 Å². The maximum absolute atomic E-state index is 13.2. The standard InChI is InChI=1S/C25H30N2O5/c1-6-30-20-14-18(12-13-19(20)31-15(2)3)23-21(24(28)32-16(4)5)22(26-25(29)27-23)17-10-8-7-9-11-17/h7-16,23H,6H2,1-5H3,(H2,26,27,29). The van der Waals surface area contributed by atoms with Gasteiger partial charge in [-0.15, -0.1) is 0 Å². The molecule has 0 fully saturated rings. The van der Waals surface area contributed by atoms with E-state index in [9.17, 15) is 9.59 Å². The summed E-state index contributed by atoms with van der Waals surface area (Å²) in [5.41, 5.74) is 2.14. The van der Waals surface area contributed by atoms with E-state index in [1.54, 1.807) is 26.0 Å². The number of ether oxygens (including phenoxy) is 3. The average Bonchev–Trinajstić information content (AvgIpc) is 2.74. The number of amides is 2. The predicted octanol–water partition coefficient (Wildman–Crippen LogP) is 4.59. The number of urea groups is 1. The van der Waals surface area contributed by atoms with Crippen molar-refractivity contribution >= 4 is 17.7 Å². The van der Waals surface area contributed by atoms with Crippen LogP contribution in [-0.2, 0) is 9.53 Å². The lowest BCUT2D eigenvalue weighted by atomic mass is 9.92. The maximum Gasteiger partial charge on any atom is 0.338 e. The summed E-state index contributed by atoms with van der Waals surface area (Å²) in [4.78, 5) is 25.8. The van der Waals surface area contributed by atoms with Gasteiger partial charge in [-0.05, 0) is 57.9 Å². The van der Waals surface area contributed by atoms with E-state index in [0.29, 0.717) is 40.5 Å². The van der Waals surface area contributed by atoms with Crippen molar-refractivity contribution in [3.63, 3.8) is 0 Å². The van der Waals surface area contributed by atoms with Crippen molar-refractivity contribution in [3.05, 3.63) is 65.2 Å². The van der Waals surface area contributed by atoms with Crippen LogP contribution in [0.3, 0.4) is 0 Å². The topological polar surface area (TPSA) is 85.9 Å². The third kappa shape index (κ3) is 5.41. The van der Waals surface area contributed by atoms with Crippen LogP contribution >= 0.6 is 0 Å². The molecule has 3 rings (SSSR count). The Morgan fingerprint density at radius 1 is 1.00 bits per heavy atom. The molecule has 0 saturated heterocycles. The van der Waals surface area contributed by atoms with Gasteiger partial charge in [-0.2, -0.15) is 0 Å². The van der Waals surface area contributed by atoms with Crippen molar-refractivity contribution in [3.8, 4) is 11.5 Å². The summed E-state index contributed by atoms with van der Waals surface area (Å²) in [5.74, 6) is 0.644. The van der Waals surface area contributed by atoms with Crippen molar-refractivity contribution in [2.45, 2.75) is 52.9 Å². The first kappa shape index (κ1) is 23.2. The first-order chi connectivity index (χ1) is 15.3. The lowest BCUT2D eigenvalue weighted by molar-refractivity contribution is -0.143. The number of hydrogen-bond donors (Lipinski definition) is 2. The minimum atomic E-state index is -0.725. The molecular weight excluding hydrogens is 408 g/mol. The highest BCUT2D eigenvalue weighted by molar-refractivity contribution is 6.04. The van der Waals surface area contributed by atoms with Crippen molar-refractivity contribution in [1.82, 2.24) is 10.6 Å². The molecule has 0 aliphatic carbocycles. The van der Waals surface area contributed by atoms with Gasteiger partial charge in [-0.1, -0.05) is 36.4 Å². The highest BCUT2D eigenvalue weighted by Gasteiger charge is 2.35. The first-order valence-corrected chi connectivity index (χ1v) is 10.8. The van der Waals surface area contributed by atoms with E-state index in [1.807, 2.05) is 57.2 Å². The second-order valence-electron chi connectivity index (χ2n) is 7.95. The summed E-state index contributed by atoms with van der Waals surface area (Å²) >= 11 is 0. The Hall–Kier alpha value is -3.48. The number of benzene rings is 2. The molecular formula is C25H30N2O5. The van der Waals surface area contributed by atoms with E-state index in [1.165, 1.54) is 0 Å². The Kier molecular flexibility index (Phi) is 7.41. The Morgan fingerprint density at radius 3 is 2.34 bits per heavy atom. The summed E-state index contributed by atoms with van der Waals surface area (Å²) in [6.07, 6.45) is -0.342. The number of esters is 1. The lowest BCUT2D eigenvalue weighted by Crippen LogP contribution is -2.45. The van der Waals surface area contributed by atoms with Gasteiger partial charge in [-0.25, -0.2) is 9.59 Å². The summed E-state index contributed by atoms with van der Waals surface area (Å²) in [6, 6.07) is 13.5. The smallest absolute Gasteiger partial charge is 0.338 e. The summed E-state index contributed by atoms with van der Waals surface area (Å²) < 4.78 is 17.2. The molecule has 2 amide bonds. The van der Waals surface area contributed by atoms with E-state index in [2.05, 4.69) is 10.6 Å². The van der Waals surface area contributed by atoms with Gasteiger partial charge in [0.1, 0.15) is 0 Å². The fourth-order valence-electron chi connectivity index (χ4n) is 3.47. The van der Waals surface area contributed by atoms with Gasteiger partial charge in [-0.3, -0.25) is 0 Å². The van der Waals surface area contributed by atoms with Gasteiger partial charge in [0.15, 0.2) is 11.5 Å². The van der Waals surface area contributed by atoms with Crippen molar-refractivity contribution in [2.75, 3.05) is 6.61 Å². The average molecular weight is 439 g/mol. The van der Waals surface area contributed by atoms with Gasteiger partial charge in [0.25, 0.3) is 0 Å². The van der Waals surface area contributed by atoms with Gasteiger partial charge in [0.2, 0.25) is 0 Å². The van der Waals surface area contributed by atoms with Crippen LogP contribution in [0.15, 0.2) is 54.1 Å². The van der Waals surface area contributed by atoms with Crippen molar-refractivity contribution < 1.29 is 23.8 Å². The SMILES string of the molecule is CCOc1cc(C2NC(=O)NC(c3ccccc3)=C2C(=O)OC(C)C)ccc1OC(C)C. The minimum Gasteiger partial charge on any atom is -0.490 e. The number of hydrogen-bond acceptors (Lipinski definition) is 5. The van der Waals surface area contributed by atoms with Crippen LogP contribution in [0.2, 0.25) is 0 Å². The summed E-state index contributed by atoms with van der Waals surface area (Å²) in [5, 5.41) is 5.65. The quantitative estimate of drug-likeness (QED) is 0.589. The molecule has 0 saturated carbocycles. The molecule has 0 aromatic heterocycles. The Morgan fingerprint density at radius 2 is 1.72 bits per heavy atom. The number of carbonyl (C=O) groups excluding carboxylic acids is 2. The van der Waals surface area contributed by atoms with Crippen LogP contribution in [0.4, 0.5) is 4.79 Å². The Bertz CT molecular complexity index is 999. The molecule has 1 atom stereocenters. The molecule has 2 N–H and O–H groups in total. The maximum atomic E-state index is 13.2. The van der Waals surface area contributed by atoms with Crippen LogP contribution in [0.25, 0.3) is 5.70 Å². The molecule has 0 radical (unpaired) electrons. The second kappa shape index (κ2) is 10.2. The largest absolute Gasteiger partial charge is 0.490 e. The molecule has 2 aromatic carbocycles. The molecule has 0 bridgehead atoms. The normalized spacial score (nSPS) is 16.0. The summed E-state index contributed by atoms with van der Waals surface area (Å²) in [6.45, 7) is 9.78. The molecule has 7 heteroatoms. The first-order valence-electron chi connectivity index (χ1n) is 10.8. The van der Waals surface area contributed by atoms with Gasteiger partial charge >= 0.3 is 12.0 Å². The van der Waals surface area contributed by atoms with Crippen LogP contribution in [0.1, 0.15) is 51.8 Å². The fourth-order valence-corrected chi connectivity index (χ4v) is 3.47. The zero-order chi connectivity index (χ0) is 23.3. The van der Waals surface area contributed by atoms with E-state index in [4.69, 9.17) is 14.2 Å². The Balaban J connectivity index is 2.15. The zero-order valence-electron chi connectivity index (χ0n) is 19.1. The van der Waals surface area contributed by atoms with Gasteiger partial charge < -0.3 is 24.8 Å². The molecule has 1 heterocycles. The van der Waals surface area contributed by atoms with Crippen LogP contribution in [-0.4, -0.2) is 30.8 Å². The third-order valence-electron chi connectivity index (χ3n) is 4.66. The van der Waals surface area contributed by atoms with Crippen LogP contribution < -0.4 is 20.1 Å². The van der Waals surface area contributed by atoms with Gasteiger partial charge in [0, 0.05) is 0 Å². The molecule has 1 aliphatic heterocycles. The molecule has 0 spiro atoms. The molecule has 32 heavy (non-hydrogen) atoms. The number of nitrogens with one attached hydrogen (secondary N) is 2. The van der Waals surface area contributed by atoms with Crippen LogP contribution in [0.5, 0.6) is 11.5 Å². The number of carbonyl (C=O) groups is 2. The minimum absolute atomic E-state index is 0.0280. The molecule has 170 valence electrons. The van der Waals surface area contributed by atoms with Crippen molar-refractivity contribution in [2.24, 2.45) is 0 Å². The van der Waals surface area contributed by atoms with E-state index in [0.717, 1.165) is 0 Å². The zero-order valence-corrected chi connectivity index (χ0v) is 19.1. The van der Waals surface area contributed by atoms with Crippen molar-refractivity contribution in [1.29, 1.82) is 0 Å². The van der Waals surface area contributed by atoms with E-state index >= 15 is 0 Å². The Labute approximate surface area is 188 Å². The molecule has 7 nitrogen and oxygen atoms in total. The third-order valence-corrected chi connectivity index (χ3v) is 4.66. The second-order valence-corrected chi connectivity index (χ2v) is 7.95. The lowest BCUT2D eigenvalue weighted by Gasteiger charge is -2.30. The summed E-state index contributed by atoms with van der Waals surface area (Å²) in [7, 11) is 0. The van der Waals surface area contributed by atoms with E-state index in [-0.39, 0.29) is 12.2 Å². The van der Waals surface area contributed by atoms with Crippen LogP contribution in [0, 0.1) is 0 Å². The predicted molar refractivity (Wildman–Crippen MR) is 122 cm³/mol. The monoisotopic (exact) mass is 438 g/mol. The fraction of sp³-hybridized carbons (Fsp3) is 0.360. The molecule has 1 unspecified atom stereocenters. The van der Waals surface area contributed by atoms with E-state index < -0.39 is 18.0 Å². The highest BCUT2D eigenvalue weighted by Crippen LogP contribution is 2.37. The molecule has 1 aliphatic rings. The highest BCUT2D eigenvalue weighted by atomic mass is 16.5. The number of rotatable bonds is 8. The molecule has 2 aromatic rings.